The van der Waals surface area contributed by atoms with Gasteiger partial charge in [0.25, 0.3) is 0 Å². The highest BCUT2D eigenvalue weighted by molar-refractivity contribution is 5.39. The summed E-state index contributed by atoms with van der Waals surface area (Å²) in [6, 6.07) is 0.620. The maximum atomic E-state index is 5.12. The normalized spacial score (nSPS) is 15.9. The maximum absolute atomic E-state index is 5.12. The molecule has 0 unspecified atom stereocenters. The van der Waals surface area contributed by atoms with Gasteiger partial charge in [0.1, 0.15) is 0 Å². The number of nitrogens with zero attached hydrogens (tertiary/aromatic N) is 4. The smallest absolute Gasteiger partial charge is 0.322 e. The number of piperazine rings is 1. The van der Waals surface area contributed by atoms with Crippen LogP contribution in [-0.2, 0) is 0 Å². The van der Waals surface area contributed by atoms with E-state index in [9.17, 15) is 0 Å². The summed E-state index contributed by atoms with van der Waals surface area (Å²) in [4.78, 5) is 15.0. The van der Waals surface area contributed by atoms with Crippen molar-refractivity contribution in [3.63, 3.8) is 0 Å². The Balaban J connectivity index is 2.22. The Morgan fingerprint density at radius 1 is 1.22 bits per heavy atom. The SMILES string of the molecule is COc1nc(NC(C)C)nc(N2CCNCC2)n1. The van der Waals surface area contributed by atoms with E-state index in [1.165, 1.54) is 0 Å². The highest BCUT2D eigenvalue weighted by Crippen LogP contribution is 2.15. The first-order valence-electron chi connectivity index (χ1n) is 6.21. The van der Waals surface area contributed by atoms with Crippen molar-refractivity contribution in [3.05, 3.63) is 0 Å². The van der Waals surface area contributed by atoms with Gasteiger partial charge in [0.05, 0.1) is 7.11 Å². The van der Waals surface area contributed by atoms with Crippen LogP contribution in [0.4, 0.5) is 11.9 Å². The monoisotopic (exact) mass is 252 g/mol. The molecular weight excluding hydrogens is 232 g/mol. The first-order chi connectivity index (χ1) is 8.69. The lowest BCUT2D eigenvalue weighted by Gasteiger charge is -2.27. The minimum Gasteiger partial charge on any atom is -0.467 e. The Bertz CT molecular complexity index is 391. The summed E-state index contributed by atoms with van der Waals surface area (Å²) < 4.78 is 5.12. The molecule has 2 heterocycles. The molecule has 2 rings (SSSR count). The molecule has 7 nitrogen and oxygen atoms in total. The molecule has 0 atom stereocenters. The lowest BCUT2D eigenvalue weighted by molar-refractivity contribution is 0.378. The third kappa shape index (κ3) is 3.19. The molecule has 1 aliphatic heterocycles. The van der Waals surface area contributed by atoms with E-state index in [0.717, 1.165) is 26.2 Å². The van der Waals surface area contributed by atoms with Crippen LogP contribution >= 0.6 is 0 Å². The van der Waals surface area contributed by atoms with Crippen molar-refractivity contribution in [1.82, 2.24) is 20.3 Å². The van der Waals surface area contributed by atoms with E-state index < -0.39 is 0 Å². The van der Waals surface area contributed by atoms with Gasteiger partial charge in [0.15, 0.2) is 0 Å². The maximum Gasteiger partial charge on any atom is 0.322 e. The Morgan fingerprint density at radius 2 is 1.94 bits per heavy atom. The minimum absolute atomic E-state index is 0.271. The fourth-order valence-electron chi connectivity index (χ4n) is 1.77. The Hall–Kier alpha value is -1.63. The van der Waals surface area contributed by atoms with Gasteiger partial charge in [0, 0.05) is 32.2 Å². The lowest BCUT2D eigenvalue weighted by Crippen LogP contribution is -2.44. The second-order valence-electron chi connectivity index (χ2n) is 4.48. The third-order valence-electron chi connectivity index (χ3n) is 2.60. The van der Waals surface area contributed by atoms with Crippen molar-refractivity contribution in [3.8, 4) is 6.01 Å². The molecule has 1 aromatic rings. The zero-order chi connectivity index (χ0) is 13.0. The van der Waals surface area contributed by atoms with Crippen molar-refractivity contribution < 1.29 is 4.74 Å². The lowest BCUT2D eigenvalue weighted by atomic mass is 10.4. The Labute approximate surface area is 107 Å². The summed E-state index contributed by atoms with van der Waals surface area (Å²) in [6.45, 7) is 7.77. The molecule has 100 valence electrons. The molecule has 1 aromatic heterocycles. The van der Waals surface area contributed by atoms with Crippen molar-refractivity contribution in [2.75, 3.05) is 43.5 Å². The molecule has 0 bridgehead atoms. The minimum atomic E-state index is 0.271. The molecule has 1 fully saturated rings. The van der Waals surface area contributed by atoms with E-state index in [1.54, 1.807) is 7.11 Å². The van der Waals surface area contributed by atoms with Crippen LogP contribution < -0.4 is 20.3 Å². The van der Waals surface area contributed by atoms with Crippen LogP contribution in [-0.4, -0.2) is 54.3 Å². The van der Waals surface area contributed by atoms with Crippen molar-refractivity contribution >= 4 is 11.9 Å². The fraction of sp³-hybridized carbons (Fsp3) is 0.727. The number of hydrogen-bond donors (Lipinski definition) is 2. The summed E-state index contributed by atoms with van der Waals surface area (Å²) in [7, 11) is 1.57. The van der Waals surface area contributed by atoms with Gasteiger partial charge in [-0.25, -0.2) is 0 Å². The quantitative estimate of drug-likeness (QED) is 0.787. The third-order valence-corrected chi connectivity index (χ3v) is 2.60. The van der Waals surface area contributed by atoms with E-state index in [2.05, 4.69) is 30.5 Å². The second kappa shape index (κ2) is 5.81. The summed E-state index contributed by atoms with van der Waals surface area (Å²) >= 11 is 0. The van der Waals surface area contributed by atoms with Gasteiger partial charge in [-0.05, 0) is 13.8 Å². The van der Waals surface area contributed by atoms with Crippen LogP contribution in [0, 0.1) is 0 Å². The summed E-state index contributed by atoms with van der Waals surface area (Å²) in [5.41, 5.74) is 0. The van der Waals surface area contributed by atoms with Gasteiger partial charge in [-0.3, -0.25) is 0 Å². The number of hydrogen-bond acceptors (Lipinski definition) is 7. The van der Waals surface area contributed by atoms with Crippen LogP contribution in [0.2, 0.25) is 0 Å². The second-order valence-corrected chi connectivity index (χ2v) is 4.48. The zero-order valence-corrected chi connectivity index (χ0v) is 11.1. The Morgan fingerprint density at radius 3 is 2.56 bits per heavy atom. The number of nitrogens with one attached hydrogen (secondary N) is 2. The molecule has 0 saturated carbocycles. The molecule has 18 heavy (non-hydrogen) atoms. The number of ether oxygens (including phenoxy) is 1. The number of rotatable bonds is 4. The molecule has 0 radical (unpaired) electrons. The molecule has 1 aliphatic rings. The van der Waals surface area contributed by atoms with Gasteiger partial charge in [-0.15, -0.1) is 0 Å². The van der Waals surface area contributed by atoms with Gasteiger partial charge in [0.2, 0.25) is 11.9 Å². The van der Waals surface area contributed by atoms with Crippen LogP contribution in [0.3, 0.4) is 0 Å². The zero-order valence-electron chi connectivity index (χ0n) is 11.1. The molecule has 1 saturated heterocycles. The summed E-state index contributed by atoms with van der Waals surface area (Å²) in [5.74, 6) is 1.23. The predicted octanol–water partition coefficient (Wildman–Crippen LogP) is 0.110. The molecule has 0 aromatic carbocycles. The highest BCUT2D eigenvalue weighted by Gasteiger charge is 2.16. The number of anilines is 2. The largest absolute Gasteiger partial charge is 0.467 e. The Kier molecular flexibility index (Phi) is 4.14. The van der Waals surface area contributed by atoms with Crippen molar-refractivity contribution in [2.45, 2.75) is 19.9 Å². The van der Waals surface area contributed by atoms with Crippen LogP contribution in [0.5, 0.6) is 6.01 Å². The van der Waals surface area contributed by atoms with Crippen LogP contribution in [0.1, 0.15) is 13.8 Å². The van der Waals surface area contributed by atoms with E-state index >= 15 is 0 Å². The standard InChI is InChI=1S/C11H20N6O/c1-8(2)13-9-14-10(16-11(15-9)18-3)17-6-4-12-5-7-17/h8,12H,4-7H2,1-3H3,(H,13,14,15,16). The van der Waals surface area contributed by atoms with Crippen molar-refractivity contribution in [1.29, 1.82) is 0 Å². The number of aromatic nitrogens is 3. The van der Waals surface area contributed by atoms with Gasteiger partial charge in [-0.2, -0.15) is 15.0 Å². The topological polar surface area (TPSA) is 75.2 Å². The molecule has 2 N–H and O–H groups in total. The average molecular weight is 252 g/mol. The molecule has 0 aliphatic carbocycles. The van der Waals surface area contributed by atoms with Gasteiger partial charge >= 0.3 is 6.01 Å². The van der Waals surface area contributed by atoms with E-state index in [1.807, 2.05) is 13.8 Å². The average Bonchev–Trinajstić information content (AvgIpc) is 2.38. The first kappa shape index (κ1) is 12.8. The van der Waals surface area contributed by atoms with Crippen molar-refractivity contribution in [2.24, 2.45) is 0 Å². The molecular formula is C11H20N6O. The van der Waals surface area contributed by atoms with E-state index in [4.69, 9.17) is 4.74 Å². The highest BCUT2D eigenvalue weighted by atomic mass is 16.5. The van der Waals surface area contributed by atoms with Gasteiger partial charge in [-0.1, -0.05) is 0 Å². The van der Waals surface area contributed by atoms with Crippen LogP contribution in [0.15, 0.2) is 0 Å². The molecule has 0 amide bonds. The fourth-order valence-corrected chi connectivity index (χ4v) is 1.77. The van der Waals surface area contributed by atoms with E-state index in [0.29, 0.717) is 17.9 Å². The van der Waals surface area contributed by atoms with Gasteiger partial charge < -0.3 is 20.3 Å². The van der Waals surface area contributed by atoms with Crippen LogP contribution in [0.25, 0.3) is 0 Å². The predicted molar refractivity (Wildman–Crippen MR) is 70.2 cm³/mol. The number of methoxy groups -OCH3 is 1. The van der Waals surface area contributed by atoms with E-state index in [-0.39, 0.29) is 6.04 Å². The molecule has 7 heteroatoms. The summed E-state index contributed by atoms with van der Waals surface area (Å²) in [5, 5.41) is 6.47. The molecule has 0 spiro atoms. The first-order valence-corrected chi connectivity index (χ1v) is 6.21. The summed E-state index contributed by atoms with van der Waals surface area (Å²) in [6.07, 6.45) is 0.